The van der Waals surface area contributed by atoms with Crippen LogP contribution in [0.5, 0.6) is 0 Å². The molecule has 0 spiro atoms. The lowest BCUT2D eigenvalue weighted by atomic mass is 10.2. The number of rotatable bonds is 4. The van der Waals surface area contributed by atoms with Gasteiger partial charge < -0.3 is 5.32 Å². The third kappa shape index (κ3) is 2.91. The van der Waals surface area contributed by atoms with Gasteiger partial charge in [-0.1, -0.05) is 0 Å². The van der Waals surface area contributed by atoms with Crippen LogP contribution in [-0.2, 0) is 6.42 Å². The van der Waals surface area contributed by atoms with Gasteiger partial charge in [-0.2, -0.15) is 0 Å². The Bertz CT molecular complexity index is 502. The highest BCUT2D eigenvalue weighted by molar-refractivity contribution is 7.12. The van der Waals surface area contributed by atoms with E-state index in [-0.39, 0.29) is 0 Å². The molecule has 5 heteroatoms. The van der Waals surface area contributed by atoms with Crippen LogP contribution in [0.25, 0.3) is 0 Å². The first kappa shape index (κ1) is 12.7. The van der Waals surface area contributed by atoms with E-state index in [2.05, 4.69) is 34.5 Å². The number of aryl methyl sites for hydroxylation is 2. The van der Waals surface area contributed by atoms with Crippen molar-refractivity contribution in [3.63, 3.8) is 0 Å². The molecular formula is C12H17N3S2. The molecule has 0 amide bonds. The van der Waals surface area contributed by atoms with Crippen LogP contribution in [0.3, 0.4) is 0 Å². The molecule has 0 aliphatic carbocycles. The van der Waals surface area contributed by atoms with E-state index >= 15 is 0 Å². The maximum Gasteiger partial charge on any atom is 0.0991 e. The van der Waals surface area contributed by atoms with Gasteiger partial charge in [0.25, 0.3) is 0 Å². The van der Waals surface area contributed by atoms with Gasteiger partial charge in [-0.3, -0.25) is 0 Å². The average molecular weight is 267 g/mol. The van der Waals surface area contributed by atoms with E-state index in [1.54, 1.807) is 22.7 Å². The monoisotopic (exact) mass is 267 g/mol. The fourth-order valence-corrected chi connectivity index (χ4v) is 3.48. The molecule has 0 saturated carbocycles. The zero-order chi connectivity index (χ0) is 12.4. The van der Waals surface area contributed by atoms with Crippen LogP contribution in [0.4, 0.5) is 0 Å². The number of nitrogens with zero attached hydrogens (tertiary/aromatic N) is 2. The molecule has 0 aliphatic heterocycles. The lowest BCUT2D eigenvalue weighted by Crippen LogP contribution is -2.11. The molecule has 1 unspecified atom stereocenters. The summed E-state index contributed by atoms with van der Waals surface area (Å²) in [6.45, 7) is 6.28. The SMILES string of the molecule is CNC(C)c1sc(Cc2csc(C)n2)nc1C. The third-order valence-corrected chi connectivity index (χ3v) is 4.86. The Labute approximate surface area is 110 Å². The Morgan fingerprint density at radius 1 is 1.35 bits per heavy atom. The van der Waals surface area contributed by atoms with Crippen molar-refractivity contribution in [1.82, 2.24) is 15.3 Å². The maximum atomic E-state index is 4.63. The highest BCUT2D eigenvalue weighted by Gasteiger charge is 2.13. The van der Waals surface area contributed by atoms with E-state index in [0.717, 1.165) is 27.8 Å². The highest BCUT2D eigenvalue weighted by Crippen LogP contribution is 2.26. The van der Waals surface area contributed by atoms with Crippen molar-refractivity contribution in [3.05, 3.63) is 31.7 Å². The third-order valence-electron chi connectivity index (χ3n) is 2.70. The smallest absolute Gasteiger partial charge is 0.0991 e. The van der Waals surface area contributed by atoms with Crippen molar-refractivity contribution in [2.24, 2.45) is 0 Å². The molecule has 0 fully saturated rings. The van der Waals surface area contributed by atoms with E-state index in [0.29, 0.717) is 6.04 Å². The number of thiazole rings is 2. The first-order valence-corrected chi connectivity index (χ1v) is 7.34. The molecule has 17 heavy (non-hydrogen) atoms. The molecular weight excluding hydrogens is 250 g/mol. The predicted molar refractivity (Wildman–Crippen MR) is 74.0 cm³/mol. The van der Waals surface area contributed by atoms with Crippen molar-refractivity contribution >= 4 is 22.7 Å². The van der Waals surface area contributed by atoms with Crippen molar-refractivity contribution < 1.29 is 0 Å². The van der Waals surface area contributed by atoms with Crippen LogP contribution in [0.15, 0.2) is 5.38 Å². The second-order valence-corrected chi connectivity index (χ2v) is 6.28. The lowest BCUT2D eigenvalue weighted by molar-refractivity contribution is 0.658. The number of nitrogens with one attached hydrogen (secondary N) is 1. The molecule has 0 radical (unpaired) electrons. The maximum absolute atomic E-state index is 4.63. The Hall–Kier alpha value is -0.780. The molecule has 0 bridgehead atoms. The molecule has 0 aromatic carbocycles. The van der Waals surface area contributed by atoms with Crippen LogP contribution >= 0.6 is 22.7 Å². The number of hydrogen-bond acceptors (Lipinski definition) is 5. The summed E-state index contributed by atoms with van der Waals surface area (Å²) in [4.78, 5) is 10.4. The zero-order valence-corrected chi connectivity index (χ0v) is 12.2. The zero-order valence-electron chi connectivity index (χ0n) is 10.6. The van der Waals surface area contributed by atoms with Gasteiger partial charge in [0.2, 0.25) is 0 Å². The highest BCUT2D eigenvalue weighted by atomic mass is 32.1. The summed E-state index contributed by atoms with van der Waals surface area (Å²) in [5.41, 5.74) is 2.27. The van der Waals surface area contributed by atoms with Crippen molar-refractivity contribution in [2.75, 3.05) is 7.05 Å². The molecule has 92 valence electrons. The minimum atomic E-state index is 0.374. The van der Waals surface area contributed by atoms with Crippen molar-refractivity contribution in [3.8, 4) is 0 Å². The molecule has 0 saturated heterocycles. The summed E-state index contributed by atoms with van der Waals surface area (Å²) < 4.78 is 0. The molecule has 3 nitrogen and oxygen atoms in total. The normalized spacial score (nSPS) is 12.9. The second kappa shape index (κ2) is 5.25. The van der Waals surface area contributed by atoms with Gasteiger partial charge in [0.1, 0.15) is 0 Å². The van der Waals surface area contributed by atoms with Crippen LogP contribution in [0.2, 0.25) is 0 Å². The van der Waals surface area contributed by atoms with E-state index in [4.69, 9.17) is 0 Å². The summed E-state index contributed by atoms with van der Waals surface area (Å²) in [5, 5.41) is 7.66. The fourth-order valence-electron chi connectivity index (χ4n) is 1.72. The minimum Gasteiger partial charge on any atom is -0.312 e. The van der Waals surface area contributed by atoms with Crippen molar-refractivity contribution in [1.29, 1.82) is 0 Å². The van der Waals surface area contributed by atoms with Crippen LogP contribution in [0, 0.1) is 13.8 Å². The summed E-state index contributed by atoms with van der Waals surface area (Å²) in [7, 11) is 1.98. The summed E-state index contributed by atoms with van der Waals surface area (Å²) >= 11 is 3.49. The van der Waals surface area contributed by atoms with E-state index < -0.39 is 0 Å². The first-order chi connectivity index (χ1) is 8.10. The molecule has 2 rings (SSSR count). The van der Waals surface area contributed by atoms with E-state index in [9.17, 15) is 0 Å². The Morgan fingerprint density at radius 2 is 2.12 bits per heavy atom. The molecule has 2 heterocycles. The number of hydrogen-bond donors (Lipinski definition) is 1. The quantitative estimate of drug-likeness (QED) is 0.925. The largest absolute Gasteiger partial charge is 0.312 e. The standard InChI is InChI=1S/C12H17N3S2/c1-7(13-4)12-8(2)14-11(17-12)5-10-6-16-9(3)15-10/h6-7,13H,5H2,1-4H3. The summed E-state index contributed by atoms with van der Waals surface area (Å²) in [6.07, 6.45) is 0.853. The Balaban J connectivity index is 2.17. The molecule has 2 aromatic heterocycles. The van der Waals surface area contributed by atoms with Gasteiger partial charge >= 0.3 is 0 Å². The number of aromatic nitrogens is 2. The lowest BCUT2D eigenvalue weighted by Gasteiger charge is -2.06. The fraction of sp³-hybridized carbons (Fsp3) is 0.500. The first-order valence-electron chi connectivity index (χ1n) is 5.64. The Morgan fingerprint density at radius 3 is 2.71 bits per heavy atom. The molecule has 2 aromatic rings. The van der Waals surface area contributed by atoms with Gasteiger partial charge in [0.15, 0.2) is 0 Å². The molecule has 1 atom stereocenters. The van der Waals surface area contributed by atoms with Crippen LogP contribution in [0.1, 0.15) is 39.2 Å². The van der Waals surface area contributed by atoms with Gasteiger partial charge in [-0.05, 0) is 27.8 Å². The van der Waals surface area contributed by atoms with Gasteiger partial charge in [-0.25, -0.2) is 9.97 Å². The van der Waals surface area contributed by atoms with Gasteiger partial charge in [0.05, 0.1) is 21.4 Å². The summed E-state index contributed by atoms with van der Waals surface area (Å²) in [6, 6.07) is 0.374. The summed E-state index contributed by atoms with van der Waals surface area (Å²) in [5.74, 6) is 0. The minimum absolute atomic E-state index is 0.374. The Kier molecular flexibility index (Phi) is 3.91. The second-order valence-electron chi connectivity index (χ2n) is 4.10. The van der Waals surface area contributed by atoms with Crippen LogP contribution < -0.4 is 5.32 Å². The predicted octanol–water partition coefficient (Wildman–Crippen LogP) is 3.09. The molecule has 0 aliphatic rings. The topological polar surface area (TPSA) is 37.8 Å². The van der Waals surface area contributed by atoms with E-state index in [1.807, 2.05) is 14.0 Å². The van der Waals surface area contributed by atoms with Gasteiger partial charge in [-0.15, -0.1) is 22.7 Å². The van der Waals surface area contributed by atoms with Crippen molar-refractivity contribution in [2.45, 2.75) is 33.2 Å². The molecule has 1 N–H and O–H groups in total. The van der Waals surface area contributed by atoms with Gasteiger partial charge in [0, 0.05) is 22.7 Å². The van der Waals surface area contributed by atoms with E-state index in [1.165, 1.54) is 4.88 Å². The van der Waals surface area contributed by atoms with Crippen LogP contribution in [-0.4, -0.2) is 17.0 Å². The average Bonchev–Trinajstić information content (AvgIpc) is 2.85.